The summed E-state index contributed by atoms with van der Waals surface area (Å²) in [6, 6.07) is 0. The number of nitrogens with two attached hydrogens (primary N) is 1. The topological polar surface area (TPSA) is 54.7 Å². The first-order chi connectivity index (χ1) is 5.47. The molecular formula is C7H9BrClN3. The van der Waals surface area contributed by atoms with E-state index in [1.54, 1.807) is 25.3 Å². The van der Waals surface area contributed by atoms with Crippen LogP contribution in [0.25, 0.3) is 6.08 Å². The molecule has 0 spiro atoms. The van der Waals surface area contributed by atoms with Gasteiger partial charge in [0.05, 0.1) is 6.20 Å². The summed E-state index contributed by atoms with van der Waals surface area (Å²) in [4.78, 5) is 6.15. The van der Waals surface area contributed by atoms with Gasteiger partial charge in [-0.1, -0.05) is 11.6 Å². The number of nitrogens with zero attached hydrogens (tertiary/aromatic N) is 1. The molecule has 1 heterocycles. The van der Waals surface area contributed by atoms with Gasteiger partial charge in [-0.2, -0.15) is 0 Å². The van der Waals surface area contributed by atoms with Gasteiger partial charge in [-0.15, -0.1) is 0 Å². The highest BCUT2D eigenvalue weighted by atomic mass is 79.9. The van der Waals surface area contributed by atoms with Crippen LogP contribution in [0.5, 0.6) is 0 Å². The largest absolute Gasteiger partial charge is 0.333 e. The first-order valence-corrected chi connectivity index (χ1v) is 4.52. The molecule has 1 atom stereocenters. The number of halogens is 2. The third kappa shape index (κ3) is 3.38. The van der Waals surface area contributed by atoms with Crippen LogP contribution in [0.15, 0.2) is 16.9 Å². The average Bonchev–Trinajstić information content (AvgIpc) is 2.30. The summed E-state index contributed by atoms with van der Waals surface area (Å²) in [7, 11) is 0. The Morgan fingerprint density at radius 2 is 2.50 bits per heavy atom. The Balaban J connectivity index is 2.70. The smallest absolute Gasteiger partial charge is 0.130 e. The molecule has 3 N–H and O–H groups in total. The number of hydrogen-bond acceptors (Lipinski definition) is 2. The van der Waals surface area contributed by atoms with Crippen LogP contribution in [0.1, 0.15) is 12.7 Å². The zero-order valence-electron chi connectivity index (χ0n) is 6.51. The van der Waals surface area contributed by atoms with E-state index in [0.717, 1.165) is 10.4 Å². The van der Waals surface area contributed by atoms with E-state index in [1.165, 1.54) is 0 Å². The van der Waals surface area contributed by atoms with Gasteiger partial charge in [0.2, 0.25) is 0 Å². The summed E-state index contributed by atoms with van der Waals surface area (Å²) in [5.74, 6) is 0.721. The average molecular weight is 251 g/mol. The molecule has 3 nitrogen and oxygen atoms in total. The Hall–Kier alpha value is -0.320. The molecule has 0 aliphatic heterocycles. The highest BCUT2D eigenvalue weighted by molar-refractivity contribution is 9.10. The molecule has 0 saturated carbocycles. The second-order valence-electron chi connectivity index (χ2n) is 2.60. The fourth-order valence-corrected chi connectivity index (χ4v) is 1.01. The van der Waals surface area contributed by atoms with Gasteiger partial charge in [0.15, 0.2) is 0 Å². The molecule has 1 aromatic heterocycles. The zero-order valence-corrected chi connectivity index (χ0v) is 8.85. The van der Waals surface area contributed by atoms with Crippen molar-refractivity contribution in [1.29, 1.82) is 0 Å². The van der Waals surface area contributed by atoms with Gasteiger partial charge < -0.3 is 10.7 Å². The standard InChI is InChI=1S/C7H9BrClN3/c1-7(9,10)3-2-6-11-4-5(8)12-6/h2-4H,10H2,1H3,(H,11,12)/b3-2-. The molecule has 1 unspecified atom stereocenters. The van der Waals surface area contributed by atoms with Crippen LogP contribution in [0.2, 0.25) is 0 Å². The molecule has 0 bridgehead atoms. The fourth-order valence-electron chi connectivity index (χ4n) is 0.640. The van der Waals surface area contributed by atoms with Gasteiger partial charge >= 0.3 is 0 Å². The Kier molecular flexibility index (Phi) is 2.93. The summed E-state index contributed by atoms with van der Waals surface area (Å²) in [6.45, 7) is 1.70. The van der Waals surface area contributed by atoms with Crippen molar-refractivity contribution in [3.63, 3.8) is 0 Å². The first kappa shape index (κ1) is 9.77. The minimum absolute atomic E-state index is 0.721. The van der Waals surface area contributed by atoms with Crippen molar-refractivity contribution in [3.05, 3.63) is 22.7 Å². The lowest BCUT2D eigenvalue weighted by molar-refractivity contribution is 0.834. The second-order valence-corrected chi connectivity index (χ2v) is 4.27. The van der Waals surface area contributed by atoms with Crippen LogP contribution in [0, 0.1) is 0 Å². The summed E-state index contributed by atoms with van der Waals surface area (Å²) < 4.78 is 0.829. The lowest BCUT2D eigenvalue weighted by atomic mass is 10.3. The number of aromatic nitrogens is 2. The molecular weight excluding hydrogens is 241 g/mol. The minimum atomic E-state index is -0.820. The molecule has 0 aliphatic rings. The van der Waals surface area contributed by atoms with Gasteiger partial charge in [-0.25, -0.2) is 4.98 Å². The molecule has 12 heavy (non-hydrogen) atoms. The summed E-state index contributed by atoms with van der Waals surface area (Å²) in [6.07, 6.45) is 5.07. The van der Waals surface area contributed by atoms with Crippen molar-refractivity contribution in [3.8, 4) is 0 Å². The maximum absolute atomic E-state index is 5.73. The van der Waals surface area contributed by atoms with Crippen molar-refractivity contribution < 1.29 is 0 Å². The maximum atomic E-state index is 5.73. The lowest BCUT2D eigenvalue weighted by Crippen LogP contribution is -2.25. The summed E-state index contributed by atoms with van der Waals surface area (Å²) in [5.41, 5.74) is 5.52. The third-order valence-corrected chi connectivity index (χ3v) is 1.66. The Bertz CT molecular complexity index is 287. The van der Waals surface area contributed by atoms with E-state index in [9.17, 15) is 0 Å². The van der Waals surface area contributed by atoms with E-state index in [1.807, 2.05) is 0 Å². The zero-order chi connectivity index (χ0) is 9.19. The first-order valence-electron chi connectivity index (χ1n) is 3.35. The van der Waals surface area contributed by atoms with E-state index >= 15 is 0 Å². The number of rotatable bonds is 2. The highest BCUT2D eigenvalue weighted by Crippen LogP contribution is 2.11. The van der Waals surface area contributed by atoms with Gasteiger partial charge in [0.25, 0.3) is 0 Å². The molecule has 1 rings (SSSR count). The number of aromatic amines is 1. The third-order valence-electron chi connectivity index (χ3n) is 1.13. The monoisotopic (exact) mass is 249 g/mol. The van der Waals surface area contributed by atoms with Gasteiger partial charge in [0, 0.05) is 0 Å². The maximum Gasteiger partial charge on any atom is 0.130 e. The van der Waals surface area contributed by atoms with Crippen molar-refractivity contribution in [2.24, 2.45) is 5.73 Å². The highest BCUT2D eigenvalue weighted by Gasteiger charge is 2.07. The Morgan fingerprint density at radius 1 is 1.83 bits per heavy atom. The normalized spacial score (nSPS) is 16.7. The van der Waals surface area contributed by atoms with E-state index in [0.29, 0.717) is 0 Å². The fraction of sp³-hybridized carbons (Fsp3) is 0.286. The van der Waals surface area contributed by atoms with E-state index < -0.39 is 5.00 Å². The molecule has 0 radical (unpaired) electrons. The van der Waals surface area contributed by atoms with Crippen LogP contribution in [0.4, 0.5) is 0 Å². The molecule has 0 saturated heterocycles. The number of hydrogen-bond donors (Lipinski definition) is 2. The van der Waals surface area contributed by atoms with Gasteiger partial charge in [0.1, 0.15) is 15.4 Å². The van der Waals surface area contributed by atoms with E-state index in [4.69, 9.17) is 17.3 Å². The van der Waals surface area contributed by atoms with E-state index in [2.05, 4.69) is 25.9 Å². The lowest BCUT2D eigenvalue weighted by Gasteiger charge is -2.07. The molecule has 0 amide bonds. The van der Waals surface area contributed by atoms with Gasteiger partial charge in [-0.05, 0) is 35.0 Å². The molecule has 0 aliphatic carbocycles. The predicted octanol–water partition coefficient (Wildman–Crippen LogP) is 2.10. The minimum Gasteiger partial charge on any atom is -0.333 e. The summed E-state index contributed by atoms with van der Waals surface area (Å²) in [5, 5.41) is 0. The SMILES string of the molecule is CC(N)(Cl)/C=C\c1ncc(Br)[nH]1. The molecule has 0 aromatic carbocycles. The Morgan fingerprint density at radius 3 is 2.92 bits per heavy atom. The van der Waals surface area contributed by atoms with Crippen LogP contribution < -0.4 is 5.73 Å². The number of H-pyrrole nitrogens is 1. The number of alkyl halides is 1. The van der Waals surface area contributed by atoms with Crippen LogP contribution in [-0.2, 0) is 0 Å². The molecule has 0 fully saturated rings. The van der Waals surface area contributed by atoms with Gasteiger partial charge in [-0.3, -0.25) is 0 Å². The summed E-state index contributed by atoms with van der Waals surface area (Å²) >= 11 is 8.96. The van der Waals surface area contributed by atoms with Crippen LogP contribution >= 0.6 is 27.5 Å². The molecule has 1 aromatic rings. The van der Waals surface area contributed by atoms with Crippen molar-refractivity contribution in [2.45, 2.75) is 11.9 Å². The van der Waals surface area contributed by atoms with Crippen LogP contribution in [-0.4, -0.2) is 15.0 Å². The molecule has 66 valence electrons. The molecule has 5 heteroatoms. The predicted molar refractivity (Wildman–Crippen MR) is 53.8 cm³/mol. The van der Waals surface area contributed by atoms with Crippen LogP contribution in [0.3, 0.4) is 0 Å². The second kappa shape index (κ2) is 3.60. The van der Waals surface area contributed by atoms with Crippen molar-refractivity contribution in [1.82, 2.24) is 9.97 Å². The Labute approximate surface area is 84.1 Å². The number of nitrogens with one attached hydrogen (secondary N) is 1. The number of imidazole rings is 1. The van der Waals surface area contributed by atoms with Crippen molar-refractivity contribution >= 4 is 33.6 Å². The van der Waals surface area contributed by atoms with E-state index in [-0.39, 0.29) is 0 Å². The van der Waals surface area contributed by atoms with Crippen molar-refractivity contribution in [2.75, 3.05) is 0 Å². The quantitative estimate of drug-likeness (QED) is 0.624.